The van der Waals surface area contributed by atoms with Gasteiger partial charge < -0.3 is 0 Å². The molecule has 0 N–H and O–H groups in total. The van der Waals surface area contributed by atoms with Crippen LogP contribution in [0.1, 0.15) is 12.8 Å². The van der Waals surface area contributed by atoms with Gasteiger partial charge in [0.05, 0.1) is 0 Å². The minimum absolute atomic E-state index is 0. The first-order valence-corrected chi connectivity index (χ1v) is 18.1. The molecule has 0 amide bonds. The molecule has 22 heavy (non-hydrogen) atoms. The Morgan fingerprint density at radius 2 is 1.00 bits per heavy atom. The zero-order valence-corrected chi connectivity index (χ0v) is 21.0. The van der Waals surface area contributed by atoms with E-state index in [0.29, 0.717) is 0 Å². The van der Waals surface area contributed by atoms with Gasteiger partial charge in [-0.1, -0.05) is 52.4 Å². The van der Waals surface area contributed by atoms with E-state index in [1.54, 1.807) is 20.8 Å². The van der Waals surface area contributed by atoms with E-state index in [2.05, 4.69) is 76.7 Å². The van der Waals surface area contributed by atoms with Gasteiger partial charge in [-0.3, -0.25) is 12.2 Å². The molecule has 0 saturated heterocycles. The van der Waals surface area contributed by atoms with Crippen LogP contribution in [0.3, 0.4) is 0 Å². The van der Waals surface area contributed by atoms with E-state index in [1.807, 2.05) is 0 Å². The summed E-state index contributed by atoms with van der Waals surface area (Å²) in [5.74, 6) is 0. The van der Waals surface area contributed by atoms with Gasteiger partial charge in [0.15, 0.2) is 0 Å². The topological polar surface area (TPSA) is 0 Å². The molecule has 118 valence electrons. The second-order valence-corrected chi connectivity index (χ2v) is 23.2. The summed E-state index contributed by atoms with van der Waals surface area (Å²) in [5, 5.41) is 6.57. The van der Waals surface area contributed by atoms with Crippen LogP contribution in [0.15, 0.2) is 32.9 Å². The van der Waals surface area contributed by atoms with Gasteiger partial charge in [0, 0.05) is 8.07 Å². The Morgan fingerprint density at radius 3 is 1.27 bits per heavy atom. The Bertz CT molecular complexity index is 514. The molecular weight excluding hydrogens is 392 g/mol. The van der Waals surface area contributed by atoms with Crippen LogP contribution in [0.4, 0.5) is 0 Å². The van der Waals surface area contributed by atoms with Crippen LogP contribution in [-0.4, -0.2) is 24.2 Å². The number of allylic oxidation sites excluding steroid dienone is 8. The van der Waals surface area contributed by atoms with Crippen molar-refractivity contribution in [2.75, 3.05) is 0 Å². The molecule has 0 nitrogen and oxygen atoms in total. The van der Waals surface area contributed by atoms with Crippen molar-refractivity contribution in [1.29, 1.82) is 0 Å². The molecule has 4 heteroatoms. The Balaban J connectivity index is 0.00000242. The van der Waals surface area contributed by atoms with Crippen LogP contribution in [0.5, 0.6) is 0 Å². The molecule has 2 aliphatic rings. The van der Waals surface area contributed by atoms with Crippen molar-refractivity contribution in [1.82, 2.24) is 0 Å². The smallest absolute Gasteiger partial charge is 0.273 e. The van der Waals surface area contributed by atoms with E-state index in [-0.39, 0.29) is 26.2 Å². The fraction of sp³-hybridized carbons (Fsp3) is 0.556. The molecule has 0 spiro atoms. The molecule has 0 aromatic heterocycles. The molecular formula is C18H30Si3Zr. The standard InChI is InChI=1S/C18H30Si3.Zr/c1-19(2,3)15-11-9-13-17(15)21(7,8)18-14-10-12-16(18)20(4,5)6;/h11-12H,9-10H2,1-8H3;/q-2;+2. The summed E-state index contributed by atoms with van der Waals surface area (Å²) in [6.45, 7) is 19.9. The third-order valence-electron chi connectivity index (χ3n) is 4.57. The molecule has 0 fully saturated rings. The van der Waals surface area contributed by atoms with Crippen LogP contribution in [0.2, 0.25) is 52.4 Å². The zero-order valence-electron chi connectivity index (χ0n) is 15.6. The summed E-state index contributed by atoms with van der Waals surface area (Å²) in [5.41, 5.74) is 0. The quantitative estimate of drug-likeness (QED) is 0.406. The Labute approximate surface area is 160 Å². The predicted molar refractivity (Wildman–Crippen MR) is 103 cm³/mol. The van der Waals surface area contributed by atoms with E-state index in [4.69, 9.17) is 0 Å². The van der Waals surface area contributed by atoms with Crippen LogP contribution >= 0.6 is 0 Å². The van der Waals surface area contributed by atoms with Crippen molar-refractivity contribution in [2.24, 2.45) is 0 Å². The predicted octanol–water partition coefficient (Wildman–Crippen LogP) is 5.64. The second kappa shape index (κ2) is 6.78. The van der Waals surface area contributed by atoms with Gasteiger partial charge in [-0.15, -0.1) is 12.8 Å². The summed E-state index contributed by atoms with van der Waals surface area (Å²) >= 11 is 0. The van der Waals surface area contributed by atoms with Crippen molar-refractivity contribution in [3.05, 3.63) is 45.1 Å². The third-order valence-corrected chi connectivity index (χ3v) is 12.6. The summed E-state index contributed by atoms with van der Waals surface area (Å²) < 4.78 is 0. The minimum Gasteiger partial charge on any atom is -0.273 e. The minimum atomic E-state index is -1.64. The summed E-state index contributed by atoms with van der Waals surface area (Å²) in [7, 11) is -4.18. The van der Waals surface area contributed by atoms with E-state index in [1.165, 1.54) is 0 Å². The van der Waals surface area contributed by atoms with Gasteiger partial charge in [0.2, 0.25) is 0 Å². The monoisotopic (exact) mass is 420 g/mol. The van der Waals surface area contributed by atoms with Gasteiger partial charge in [-0.05, 0) is 16.1 Å². The maximum absolute atomic E-state index is 3.75. The van der Waals surface area contributed by atoms with Crippen LogP contribution in [0.25, 0.3) is 0 Å². The summed E-state index contributed by atoms with van der Waals surface area (Å²) in [4.78, 5) is 0. The van der Waals surface area contributed by atoms with E-state index in [9.17, 15) is 0 Å². The zero-order chi connectivity index (χ0) is 16.1. The van der Waals surface area contributed by atoms with Gasteiger partial charge >= 0.3 is 26.2 Å². The first-order chi connectivity index (χ1) is 9.45. The fourth-order valence-electron chi connectivity index (χ4n) is 3.51. The maximum atomic E-state index is 3.75. The molecule has 0 heterocycles. The first kappa shape index (κ1) is 20.5. The molecule has 0 atom stereocenters. The van der Waals surface area contributed by atoms with Gasteiger partial charge in [0.1, 0.15) is 0 Å². The molecule has 0 aromatic rings. The Morgan fingerprint density at radius 1 is 0.682 bits per heavy atom. The molecule has 2 rings (SSSR count). The van der Waals surface area contributed by atoms with Crippen molar-refractivity contribution in [3.8, 4) is 0 Å². The molecule has 0 aliphatic heterocycles. The van der Waals surface area contributed by atoms with Gasteiger partial charge in [0.25, 0.3) is 0 Å². The van der Waals surface area contributed by atoms with Crippen molar-refractivity contribution >= 4 is 24.2 Å². The normalized spacial score (nSPS) is 19.3. The van der Waals surface area contributed by atoms with Crippen LogP contribution in [-0.2, 0) is 26.2 Å². The molecule has 0 unspecified atom stereocenters. The Kier molecular flexibility index (Phi) is 6.33. The third kappa shape index (κ3) is 3.93. The average molecular weight is 422 g/mol. The number of rotatable bonds is 4. The van der Waals surface area contributed by atoms with Crippen molar-refractivity contribution in [3.63, 3.8) is 0 Å². The SMILES string of the molecule is C[Si](C)(C)C1=CC[C-]=C1[Si](C)(C)C1=[C-]CC=C1[Si](C)(C)C.[Zr+2]. The summed E-state index contributed by atoms with van der Waals surface area (Å²) in [6, 6.07) is 0. The van der Waals surface area contributed by atoms with Crippen LogP contribution < -0.4 is 0 Å². The molecule has 0 saturated carbocycles. The van der Waals surface area contributed by atoms with Gasteiger partial charge in [-0.25, -0.2) is 20.8 Å². The van der Waals surface area contributed by atoms with E-state index >= 15 is 0 Å². The van der Waals surface area contributed by atoms with Crippen LogP contribution in [0, 0.1) is 12.2 Å². The van der Waals surface area contributed by atoms with Crippen molar-refractivity contribution in [2.45, 2.75) is 65.2 Å². The number of hydrogen-bond donors (Lipinski definition) is 0. The molecule has 0 radical (unpaired) electrons. The Hall–Kier alpha value is 0.494. The van der Waals surface area contributed by atoms with E-state index < -0.39 is 24.2 Å². The molecule has 0 bridgehead atoms. The largest absolute Gasteiger partial charge is 2.00 e. The van der Waals surface area contributed by atoms with Crippen molar-refractivity contribution < 1.29 is 26.2 Å². The number of hydrogen-bond acceptors (Lipinski definition) is 0. The summed E-state index contributed by atoms with van der Waals surface area (Å²) in [6.07, 6.45) is 14.5. The fourth-order valence-corrected chi connectivity index (χ4v) is 13.6. The molecule has 2 aliphatic carbocycles. The second-order valence-electron chi connectivity index (χ2n) is 8.87. The van der Waals surface area contributed by atoms with E-state index in [0.717, 1.165) is 12.8 Å². The van der Waals surface area contributed by atoms with Gasteiger partial charge in [-0.2, -0.15) is 12.2 Å². The average Bonchev–Trinajstić information content (AvgIpc) is 2.97. The molecule has 0 aromatic carbocycles. The maximum Gasteiger partial charge on any atom is 2.00 e. The first-order valence-electron chi connectivity index (χ1n) is 8.10.